The normalized spacial score (nSPS) is 12.4. The highest BCUT2D eigenvalue weighted by Crippen LogP contribution is 2.37. The Labute approximate surface area is 103 Å². The number of rotatable bonds is 1. The summed E-state index contributed by atoms with van der Waals surface area (Å²) < 4.78 is 0. The highest BCUT2D eigenvalue weighted by atomic mass is 16.1. The SMILES string of the molecule is O=Cn1nc2c(n1)-c1cccc3cccc(c13)C2. The largest absolute Gasteiger partial charge is 0.275 e. The van der Waals surface area contributed by atoms with Crippen molar-refractivity contribution in [1.29, 1.82) is 0 Å². The molecule has 1 aliphatic carbocycles. The highest BCUT2D eigenvalue weighted by Gasteiger charge is 2.22. The van der Waals surface area contributed by atoms with E-state index in [1.165, 1.54) is 16.3 Å². The van der Waals surface area contributed by atoms with Crippen LogP contribution in [0.15, 0.2) is 36.4 Å². The van der Waals surface area contributed by atoms with Gasteiger partial charge >= 0.3 is 0 Å². The maximum Gasteiger partial charge on any atom is 0.252 e. The summed E-state index contributed by atoms with van der Waals surface area (Å²) in [6.45, 7) is 0. The molecule has 1 heterocycles. The second-order valence-corrected chi connectivity index (χ2v) is 4.42. The molecule has 4 nitrogen and oxygen atoms in total. The molecule has 4 heteroatoms. The van der Waals surface area contributed by atoms with Crippen molar-refractivity contribution < 1.29 is 4.79 Å². The van der Waals surface area contributed by atoms with Crippen molar-refractivity contribution in [3.63, 3.8) is 0 Å². The number of aromatic nitrogens is 3. The average molecular weight is 235 g/mol. The van der Waals surface area contributed by atoms with E-state index in [1.807, 2.05) is 12.1 Å². The number of hydrogen-bond acceptors (Lipinski definition) is 3. The van der Waals surface area contributed by atoms with Gasteiger partial charge in [-0.1, -0.05) is 36.4 Å². The minimum atomic E-state index is 0.628. The van der Waals surface area contributed by atoms with Crippen molar-refractivity contribution in [1.82, 2.24) is 15.0 Å². The fraction of sp³-hybridized carbons (Fsp3) is 0.0714. The van der Waals surface area contributed by atoms with Gasteiger partial charge in [0, 0.05) is 12.0 Å². The van der Waals surface area contributed by atoms with Gasteiger partial charge in [0.25, 0.3) is 6.41 Å². The van der Waals surface area contributed by atoms with Gasteiger partial charge in [0.15, 0.2) is 0 Å². The Kier molecular flexibility index (Phi) is 1.73. The molecule has 3 aromatic rings. The van der Waals surface area contributed by atoms with Crippen molar-refractivity contribution in [2.24, 2.45) is 0 Å². The lowest BCUT2D eigenvalue weighted by Crippen LogP contribution is -2.00. The van der Waals surface area contributed by atoms with E-state index in [1.54, 1.807) is 0 Å². The molecule has 18 heavy (non-hydrogen) atoms. The van der Waals surface area contributed by atoms with Crippen LogP contribution in [0.4, 0.5) is 0 Å². The van der Waals surface area contributed by atoms with E-state index in [2.05, 4.69) is 34.5 Å². The predicted octanol–water partition coefficient (Wildman–Crippen LogP) is 2.04. The smallest absolute Gasteiger partial charge is 0.252 e. The van der Waals surface area contributed by atoms with Gasteiger partial charge in [-0.05, 0) is 16.3 Å². The van der Waals surface area contributed by atoms with Gasteiger partial charge in [-0.15, -0.1) is 15.0 Å². The molecule has 0 unspecified atom stereocenters. The highest BCUT2D eigenvalue weighted by molar-refractivity contribution is 6.00. The molecule has 2 aromatic carbocycles. The molecule has 0 radical (unpaired) electrons. The van der Waals surface area contributed by atoms with Crippen molar-refractivity contribution >= 4 is 17.2 Å². The summed E-state index contributed by atoms with van der Waals surface area (Å²) in [5.41, 5.74) is 4.01. The van der Waals surface area contributed by atoms with Crippen LogP contribution in [0.3, 0.4) is 0 Å². The molecule has 0 fully saturated rings. The molecule has 0 amide bonds. The second kappa shape index (κ2) is 3.26. The molecule has 0 saturated heterocycles. The fourth-order valence-corrected chi connectivity index (χ4v) is 2.67. The van der Waals surface area contributed by atoms with Crippen LogP contribution in [0, 0.1) is 0 Å². The van der Waals surface area contributed by atoms with E-state index >= 15 is 0 Å². The Bertz CT molecular complexity index is 784. The topological polar surface area (TPSA) is 47.8 Å². The van der Waals surface area contributed by atoms with Crippen molar-refractivity contribution in [2.45, 2.75) is 6.42 Å². The average Bonchev–Trinajstić information content (AvgIpc) is 2.83. The summed E-state index contributed by atoms with van der Waals surface area (Å²) in [7, 11) is 0. The summed E-state index contributed by atoms with van der Waals surface area (Å²) in [5.74, 6) is 0. The number of benzene rings is 2. The van der Waals surface area contributed by atoms with E-state index in [0.717, 1.165) is 28.2 Å². The summed E-state index contributed by atoms with van der Waals surface area (Å²) in [6.07, 6.45) is 1.36. The zero-order chi connectivity index (χ0) is 12.1. The lowest BCUT2D eigenvalue weighted by atomic mass is 9.89. The standard InChI is InChI=1S/C14H9N3O/c18-8-17-15-12-7-10-5-1-3-9-4-2-6-11(13(9)10)14(12)16-17/h1-6,8H,7H2. The Balaban J connectivity index is 2.14. The number of carbonyl (C=O) groups excluding carboxylic acids is 1. The molecule has 1 aromatic heterocycles. The Morgan fingerprint density at radius 1 is 1.11 bits per heavy atom. The number of carbonyl (C=O) groups is 1. The van der Waals surface area contributed by atoms with Gasteiger partial charge in [0.05, 0.1) is 5.69 Å². The third kappa shape index (κ3) is 1.12. The van der Waals surface area contributed by atoms with Crippen LogP contribution in [0.5, 0.6) is 0 Å². The lowest BCUT2D eigenvalue weighted by Gasteiger charge is -2.15. The van der Waals surface area contributed by atoms with Gasteiger partial charge in [-0.3, -0.25) is 4.79 Å². The third-order valence-electron chi connectivity index (χ3n) is 3.40. The van der Waals surface area contributed by atoms with Gasteiger partial charge in [-0.25, -0.2) is 0 Å². The first kappa shape index (κ1) is 9.53. The maximum absolute atomic E-state index is 10.8. The fourth-order valence-electron chi connectivity index (χ4n) is 2.67. The zero-order valence-corrected chi connectivity index (χ0v) is 9.50. The van der Waals surface area contributed by atoms with Crippen LogP contribution in [-0.4, -0.2) is 21.4 Å². The lowest BCUT2D eigenvalue weighted by molar-refractivity contribution is 0.529. The van der Waals surface area contributed by atoms with E-state index in [0.29, 0.717) is 6.41 Å². The molecular formula is C14H9N3O. The Hall–Kier alpha value is -2.49. The van der Waals surface area contributed by atoms with E-state index < -0.39 is 0 Å². The van der Waals surface area contributed by atoms with Crippen LogP contribution in [0.25, 0.3) is 22.0 Å². The molecule has 0 bridgehead atoms. The van der Waals surface area contributed by atoms with Crippen molar-refractivity contribution in [3.05, 3.63) is 47.7 Å². The Morgan fingerprint density at radius 3 is 2.78 bits per heavy atom. The van der Waals surface area contributed by atoms with Crippen LogP contribution in [-0.2, 0) is 11.2 Å². The van der Waals surface area contributed by atoms with Crippen LogP contribution in [0.2, 0.25) is 0 Å². The van der Waals surface area contributed by atoms with E-state index in [9.17, 15) is 4.79 Å². The first-order chi connectivity index (χ1) is 8.86. The second-order valence-electron chi connectivity index (χ2n) is 4.42. The van der Waals surface area contributed by atoms with Crippen LogP contribution < -0.4 is 0 Å². The summed E-state index contributed by atoms with van der Waals surface area (Å²) in [5, 5.41) is 10.9. The van der Waals surface area contributed by atoms with Crippen molar-refractivity contribution in [3.8, 4) is 11.3 Å². The molecule has 0 spiro atoms. The monoisotopic (exact) mass is 235 g/mol. The molecule has 1 aliphatic rings. The third-order valence-corrected chi connectivity index (χ3v) is 3.40. The van der Waals surface area contributed by atoms with Gasteiger partial charge in [0.1, 0.15) is 5.69 Å². The summed E-state index contributed by atoms with van der Waals surface area (Å²) in [6, 6.07) is 12.4. The van der Waals surface area contributed by atoms with E-state index in [4.69, 9.17) is 0 Å². The van der Waals surface area contributed by atoms with Gasteiger partial charge in [0.2, 0.25) is 0 Å². The number of fused-ring (bicyclic) bond motifs is 2. The molecule has 0 aliphatic heterocycles. The quantitative estimate of drug-likeness (QED) is 0.474. The zero-order valence-electron chi connectivity index (χ0n) is 9.50. The molecular weight excluding hydrogens is 226 g/mol. The summed E-state index contributed by atoms with van der Waals surface area (Å²) in [4.78, 5) is 11.9. The molecule has 86 valence electrons. The molecule has 0 saturated carbocycles. The van der Waals surface area contributed by atoms with Gasteiger partial charge in [-0.2, -0.15) is 0 Å². The minimum absolute atomic E-state index is 0.628. The number of hydrogen-bond donors (Lipinski definition) is 0. The summed E-state index contributed by atoms with van der Waals surface area (Å²) >= 11 is 0. The van der Waals surface area contributed by atoms with Gasteiger partial charge < -0.3 is 0 Å². The first-order valence-electron chi connectivity index (χ1n) is 5.79. The molecule has 4 rings (SSSR count). The maximum atomic E-state index is 10.8. The van der Waals surface area contributed by atoms with Crippen LogP contribution in [0.1, 0.15) is 11.3 Å². The van der Waals surface area contributed by atoms with Crippen molar-refractivity contribution in [2.75, 3.05) is 0 Å². The predicted molar refractivity (Wildman–Crippen MR) is 67.9 cm³/mol. The molecule has 0 N–H and O–H groups in total. The Morgan fingerprint density at radius 2 is 1.94 bits per heavy atom. The van der Waals surface area contributed by atoms with E-state index in [-0.39, 0.29) is 0 Å². The minimum Gasteiger partial charge on any atom is -0.275 e. The molecule has 0 atom stereocenters. The first-order valence-corrected chi connectivity index (χ1v) is 5.79. The van der Waals surface area contributed by atoms with Crippen LogP contribution >= 0.6 is 0 Å². The number of nitrogens with zero attached hydrogens (tertiary/aromatic N) is 3.